The molecule has 1 aromatic carbocycles. The fourth-order valence-electron chi connectivity index (χ4n) is 1.67. The molecule has 0 unspecified atom stereocenters. The minimum Gasteiger partial charge on any atom is -0.493 e. The van der Waals surface area contributed by atoms with Crippen LogP contribution in [-0.4, -0.2) is 12.4 Å². The number of ketones is 1. The summed E-state index contributed by atoms with van der Waals surface area (Å²) in [5.41, 5.74) is 2.40. The number of hydrogen-bond acceptors (Lipinski definition) is 2. The van der Waals surface area contributed by atoms with Crippen molar-refractivity contribution in [2.75, 3.05) is 6.61 Å². The van der Waals surface area contributed by atoms with Crippen LogP contribution in [0.4, 0.5) is 0 Å². The van der Waals surface area contributed by atoms with Gasteiger partial charge in [-0.2, -0.15) is 0 Å². The zero-order valence-corrected chi connectivity index (χ0v) is 9.27. The number of ether oxygens (including phenoxy) is 1. The Morgan fingerprint density at radius 2 is 2.25 bits per heavy atom. The van der Waals surface area contributed by atoms with E-state index in [0.717, 1.165) is 24.3 Å². The van der Waals surface area contributed by atoms with Crippen LogP contribution in [0.5, 0.6) is 5.75 Å². The highest BCUT2D eigenvalue weighted by Crippen LogP contribution is 2.26. The summed E-state index contributed by atoms with van der Waals surface area (Å²) in [5, 5.41) is 0. The van der Waals surface area contributed by atoms with Crippen molar-refractivity contribution in [3.05, 3.63) is 47.6 Å². The zero-order chi connectivity index (χ0) is 11.4. The molecule has 0 radical (unpaired) electrons. The van der Waals surface area contributed by atoms with Gasteiger partial charge in [-0.05, 0) is 36.3 Å². The Morgan fingerprint density at radius 1 is 1.38 bits per heavy atom. The molecule has 1 aromatic rings. The molecule has 0 N–H and O–H groups in total. The fraction of sp³-hybridized carbons (Fsp3) is 0.214. The topological polar surface area (TPSA) is 26.3 Å². The van der Waals surface area contributed by atoms with Gasteiger partial charge in [-0.15, -0.1) is 0 Å². The monoisotopic (exact) mass is 214 g/mol. The first-order valence-electron chi connectivity index (χ1n) is 5.37. The van der Waals surface area contributed by atoms with Crippen LogP contribution in [0.25, 0.3) is 6.08 Å². The van der Waals surface area contributed by atoms with E-state index >= 15 is 0 Å². The Kier molecular flexibility index (Phi) is 3.20. The summed E-state index contributed by atoms with van der Waals surface area (Å²) in [5.74, 6) is 1.06. The number of benzene rings is 1. The highest BCUT2D eigenvalue weighted by Gasteiger charge is 2.10. The van der Waals surface area contributed by atoms with Gasteiger partial charge < -0.3 is 4.74 Å². The number of rotatable bonds is 3. The predicted octanol–water partition coefficient (Wildman–Crippen LogP) is 2.78. The number of carbonyl (C=O) groups excluding carboxylic acids is 1. The smallest absolute Gasteiger partial charge is 0.152 e. The summed E-state index contributed by atoms with van der Waals surface area (Å²) in [6, 6.07) is 6.14. The molecule has 0 fully saturated rings. The normalized spacial score (nSPS) is 14.3. The first kappa shape index (κ1) is 10.7. The Labute approximate surface area is 95.2 Å². The lowest BCUT2D eigenvalue weighted by molar-refractivity contribution is -0.112. The second kappa shape index (κ2) is 4.79. The molecule has 0 saturated carbocycles. The molecule has 0 bridgehead atoms. The minimum absolute atomic E-state index is 0.0620. The summed E-state index contributed by atoms with van der Waals surface area (Å²) in [6.07, 6.45) is 8.15. The number of allylic oxidation sites excluding steroid dienone is 3. The summed E-state index contributed by atoms with van der Waals surface area (Å²) in [6.45, 7) is 2.32. The predicted molar refractivity (Wildman–Crippen MR) is 64.5 cm³/mol. The van der Waals surface area contributed by atoms with Gasteiger partial charge in [0.05, 0.1) is 6.61 Å². The summed E-state index contributed by atoms with van der Waals surface area (Å²) < 4.78 is 5.43. The van der Waals surface area contributed by atoms with Gasteiger partial charge in [0, 0.05) is 6.42 Å². The molecule has 0 atom stereocenters. The molecular formula is C14H14O2. The van der Waals surface area contributed by atoms with Gasteiger partial charge in [0.15, 0.2) is 5.78 Å². The van der Waals surface area contributed by atoms with Crippen LogP contribution >= 0.6 is 0 Å². The van der Waals surface area contributed by atoms with E-state index in [0.29, 0.717) is 0 Å². The molecule has 1 aliphatic rings. The van der Waals surface area contributed by atoms with Crippen LogP contribution in [0.3, 0.4) is 0 Å². The summed E-state index contributed by atoms with van der Waals surface area (Å²) in [4.78, 5) is 10.7. The van der Waals surface area contributed by atoms with Crippen LogP contribution in [-0.2, 0) is 11.2 Å². The molecule has 82 valence electrons. The molecule has 0 aromatic heterocycles. The van der Waals surface area contributed by atoms with Crippen LogP contribution in [0, 0.1) is 0 Å². The Morgan fingerprint density at radius 3 is 3.06 bits per heavy atom. The Bertz CT molecular complexity index is 456. The van der Waals surface area contributed by atoms with Crippen LogP contribution in [0.15, 0.2) is 36.4 Å². The van der Waals surface area contributed by atoms with Crippen molar-refractivity contribution in [2.24, 2.45) is 0 Å². The van der Waals surface area contributed by atoms with E-state index in [4.69, 9.17) is 4.74 Å². The van der Waals surface area contributed by atoms with Crippen molar-refractivity contribution >= 4 is 11.9 Å². The second-order valence-corrected chi connectivity index (χ2v) is 3.79. The zero-order valence-electron chi connectivity index (χ0n) is 9.27. The van der Waals surface area contributed by atoms with Gasteiger partial charge in [0.2, 0.25) is 0 Å². The maximum atomic E-state index is 10.7. The van der Waals surface area contributed by atoms with Crippen molar-refractivity contribution in [3.63, 3.8) is 0 Å². The van der Waals surface area contributed by atoms with Gasteiger partial charge in [-0.3, -0.25) is 4.79 Å². The van der Waals surface area contributed by atoms with Gasteiger partial charge in [0.25, 0.3) is 0 Å². The van der Waals surface area contributed by atoms with E-state index in [1.54, 1.807) is 12.2 Å². The second-order valence-electron chi connectivity index (χ2n) is 3.79. The standard InChI is InChI=1S/C14H14O2/c1-11(15)4-2-3-5-12-6-7-14-13(10-12)8-9-16-14/h2-7,10H,8-9H2,1H3/b4-2+,5-3+. The number of hydrogen-bond donors (Lipinski definition) is 0. The average molecular weight is 214 g/mol. The molecule has 0 spiro atoms. The van der Waals surface area contributed by atoms with Crippen LogP contribution in [0.1, 0.15) is 18.1 Å². The van der Waals surface area contributed by atoms with Crippen molar-refractivity contribution in [3.8, 4) is 5.75 Å². The minimum atomic E-state index is 0.0620. The largest absolute Gasteiger partial charge is 0.493 e. The Balaban J connectivity index is 2.08. The molecule has 16 heavy (non-hydrogen) atoms. The van der Waals surface area contributed by atoms with E-state index in [-0.39, 0.29) is 5.78 Å². The molecule has 2 heteroatoms. The molecule has 0 amide bonds. The van der Waals surface area contributed by atoms with Crippen molar-refractivity contribution in [1.82, 2.24) is 0 Å². The van der Waals surface area contributed by atoms with Crippen molar-refractivity contribution in [2.45, 2.75) is 13.3 Å². The van der Waals surface area contributed by atoms with Gasteiger partial charge in [-0.1, -0.05) is 24.3 Å². The number of fused-ring (bicyclic) bond motifs is 1. The highest BCUT2D eigenvalue weighted by atomic mass is 16.5. The molecule has 2 nitrogen and oxygen atoms in total. The van der Waals surface area contributed by atoms with Gasteiger partial charge in [0.1, 0.15) is 5.75 Å². The van der Waals surface area contributed by atoms with Crippen LogP contribution < -0.4 is 4.74 Å². The summed E-state index contributed by atoms with van der Waals surface area (Å²) >= 11 is 0. The molecular weight excluding hydrogens is 200 g/mol. The molecule has 1 heterocycles. The molecule has 1 aliphatic heterocycles. The molecule has 0 aliphatic carbocycles. The lowest BCUT2D eigenvalue weighted by atomic mass is 10.1. The van der Waals surface area contributed by atoms with Crippen LogP contribution in [0.2, 0.25) is 0 Å². The van der Waals surface area contributed by atoms with Crippen molar-refractivity contribution < 1.29 is 9.53 Å². The van der Waals surface area contributed by atoms with Crippen molar-refractivity contribution in [1.29, 1.82) is 0 Å². The Hall–Kier alpha value is -1.83. The third kappa shape index (κ3) is 2.60. The third-order valence-corrected chi connectivity index (χ3v) is 2.44. The average Bonchev–Trinajstić information content (AvgIpc) is 2.71. The van der Waals surface area contributed by atoms with E-state index in [2.05, 4.69) is 6.07 Å². The fourth-order valence-corrected chi connectivity index (χ4v) is 1.67. The quantitative estimate of drug-likeness (QED) is 0.571. The van der Waals surface area contributed by atoms with E-state index in [1.165, 1.54) is 12.5 Å². The maximum Gasteiger partial charge on any atom is 0.152 e. The molecule has 0 saturated heterocycles. The summed E-state index contributed by atoms with van der Waals surface area (Å²) in [7, 11) is 0. The lowest BCUT2D eigenvalue weighted by Gasteiger charge is -1.98. The first-order chi connectivity index (χ1) is 7.75. The number of carbonyl (C=O) groups is 1. The van der Waals surface area contributed by atoms with E-state index in [9.17, 15) is 4.79 Å². The molecule has 2 rings (SSSR count). The SMILES string of the molecule is CC(=O)/C=C/C=C/c1ccc2c(c1)CCO2. The highest BCUT2D eigenvalue weighted by molar-refractivity contribution is 5.87. The third-order valence-electron chi connectivity index (χ3n) is 2.44. The first-order valence-corrected chi connectivity index (χ1v) is 5.37. The van der Waals surface area contributed by atoms with E-state index in [1.807, 2.05) is 24.3 Å². The van der Waals surface area contributed by atoms with E-state index < -0.39 is 0 Å². The lowest BCUT2D eigenvalue weighted by Crippen LogP contribution is -1.85. The van der Waals surface area contributed by atoms with Gasteiger partial charge in [-0.25, -0.2) is 0 Å². The maximum absolute atomic E-state index is 10.7. The van der Waals surface area contributed by atoms with Gasteiger partial charge >= 0.3 is 0 Å².